The number of carbonyl (C=O) groups is 1. The van der Waals surface area contributed by atoms with Gasteiger partial charge in [-0.15, -0.1) is 0 Å². The fourth-order valence-electron chi connectivity index (χ4n) is 7.94. The molecular formula is C21H34O4. The minimum atomic E-state index is -1.27. The zero-order valence-electron chi connectivity index (χ0n) is 15.9. The molecule has 0 amide bonds. The second-order valence-corrected chi connectivity index (χ2v) is 10.1. The molecule has 0 aromatic rings. The van der Waals surface area contributed by atoms with Crippen LogP contribution in [-0.2, 0) is 4.79 Å². The first kappa shape index (κ1) is 17.9. The predicted molar refractivity (Wildman–Crippen MR) is 94.8 cm³/mol. The van der Waals surface area contributed by atoms with E-state index in [9.17, 15) is 20.1 Å². The Bertz CT molecular complexity index is 576. The first-order valence-corrected chi connectivity index (χ1v) is 10.2. The number of carbonyl (C=O) groups excluding carboxylic acids is 1. The Morgan fingerprint density at radius 2 is 1.76 bits per heavy atom. The van der Waals surface area contributed by atoms with Crippen LogP contribution in [-0.4, -0.2) is 38.9 Å². The molecule has 0 radical (unpaired) electrons. The van der Waals surface area contributed by atoms with Gasteiger partial charge >= 0.3 is 0 Å². The van der Waals surface area contributed by atoms with Crippen LogP contribution in [0.2, 0.25) is 0 Å². The van der Waals surface area contributed by atoms with Gasteiger partial charge in [0.1, 0.15) is 5.60 Å². The van der Waals surface area contributed by atoms with E-state index >= 15 is 0 Å². The van der Waals surface area contributed by atoms with Crippen LogP contribution in [0.3, 0.4) is 0 Å². The second kappa shape index (κ2) is 5.53. The van der Waals surface area contributed by atoms with Crippen molar-refractivity contribution in [3.8, 4) is 0 Å². The number of fused-ring (bicyclic) bond motifs is 5. The Balaban J connectivity index is 1.70. The highest BCUT2D eigenvalue weighted by molar-refractivity contribution is 5.86. The lowest BCUT2D eigenvalue weighted by atomic mass is 9.43. The lowest BCUT2D eigenvalue weighted by molar-refractivity contribution is -0.201. The number of aliphatic hydroxyl groups is 3. The first-order chi connectivity index (χ1) is 11.6. The van der Waals surface area contributed by atoms with Crippen LogP contribution >= 0.6 is 0 Å². The third-order valence-corrected chi connectivity index (χ3v) is 9.30. The van der Waals surface area contributed by atoms with E-state index in [1.54, 1.807) is 0 Å². The number of rotatable bonds is 1. The second-order valence-electron chi connectivity index (χ2n) is 10.1. The Morgan fingerprint density at radius 3 is 2.44 bits per heavy atom. The molecule has 0 spiro atoms. The minimum Gasteiger partial charge on any atom is -0.393 e. The van der Waals surface area contributed by atoms with Crippen LogP contribution in [0, 0.1) is 34.5 Å². The van der Waals surface area contributed by atoms with Gasteiger partial charge in [-0.3, -0.25) is 4.79 Å². The van der Waals surface area contributed by atoms with Crippen molar-refractivity contribution in [2.45, 2.75) is 89.9 Å². The highest BCUT2D eigenvalue weighted by Gasteiger charge is 2.68. The van der Waals surface area contributed by atoms with Gasteiger partial charge in [0, 0.05) is 5.41 Å². The third-order valence-electron chi connectivity index (χ3n) is 9.30. The molecule has 4 heteroatoms. The molecule has 4 fully saturated rings. The third kappa shape index (κ3) is 2.20. The highest BCUT2D eigenvalue weighted by Crippen LogP contribution is 2.68. The SMILES string of the molecule is CC(=O)[C@]1(O)CC[C@H]2[C@@H]3CC[C@H]4C[C@@H](O)CC[C@]4(C)[C@H]3[C@@H](O)C[C@@]21C. The zero-order valence-corrected chi connectivity index (χ0v) is 15.9. The van der Waals surface area contributed by atoms with Crippen LogP contribution in [0.5, 0.6) is 0 Å². The molecule has 3 N–H and O–H groups in total. The number of hydrogen-bond donors (Lipinski definition) is 3. The van der Waals surface area contributed by atoms with Crippen LogP contribution in [0.1, 0.15) is 72.1 Å². The summed E-state index contributed by atoms with van der Waals surface area (Å²) in [4.78, 5) is 12.3. The van der Waals surface area contributed by atoms with Crippen molar-refractivity contribution < 1.29 is 20.1 Å². The lowest BCUT2D eigenvalue weighted by Crippen LogP contribution is -2.62. The van der Waals surface area contributed by atoms with Crippen LogP contribution < -0.4 is 0 Å². The zero-order chi connectivity index (χ0) is 18.2. The summed E-state index contributed by atoms with van der Waals surface area (Å²) < 4.78 is 0. The van der Waals surface area contributed by atoms with Crippen LogP contribution in [0.4, 0.5) is 0 Å². The maximum absolute atomic E-state index is 12.3. The van der Waals surface area contributed by atoms with Crippen molar-refractivity contribution in [2.75, 3.05) is 0 Å². The van der Waals surface area contributed by atoms with Gasteiger partial charge in [-0.1, -0.05) is 13.8 Å². The highest BCUT2D eigenvalue weighted by atomic mass is 16.3. The van der Waals surface area contributed by atoms with E-state index in [1.807, 2.05) is 6.92 Å². The molecule has 0 aromatic carbocycles. The largest absolute Gasteiger partial charge is 0.393 e. The Morgan fingerprint density at radius 1 is 1.04 bits per heavy atom. The molecule has 4 nitrogen and oxygen atoms in total. The molecule has 25 heavy (non-hydrogen) atoms. The summed E-state index contributed by atoms with van der Waals surface area (Å²) in [6.07, 6.45) is 6.16. The summed E-state index contributed by atoms with van der Waals surface area (Å²) in [6.45, 7) is 5.88. The first-order valence-electron chi connectivity index (χ1n) is 10.2. The molecule has 9 atom stereocenters. The summed E-state index contributed by atoms with van der Waals surface area (Å²) in [5, 5.41) is 32.5. The Hall–Kier alpha value is -0.450. The van der Waals surface area contributed by atoms with Gasteiger partial charge in [0.25, 0.3) is 0 Å². The van der Waals surface area contributed by atoms with Crippen molar-refractivity contribution in [3.63, 3.8) is 0 Å². The normalized spacial score (nSPS) is 58.2. The number of aliphatic hydroxyl groups excluding tert-OH is 2. The van der Waals surface area contributed by atoms with Gasteiger partial charge < -0.3 is 15.3 Å². The van der Waals surface area contributed by atoms with Gasteiger partial charge in [0.15, 0.2) is 5.78 Å². The topological polar surface area (TPSA) is 77.8 Å². The van der Waals surface area contributed by atoms with Gasteiger partial charge in [-0.05, 0) is 87.4 Å². The van der Waals surface area contributed by atoms with Gasteiger partial charge in [0.2, 0.25) is 0 Å². The molecule has 0 unspecified atom stereocenters. The summed E-state index contributed by atoms with van der Waals surface area (Å²) in [6, 6.07) is 0. The monoisotopic (exact) mass is 350 g/mol. The molecule has 0 aromatic heterocycles. The maximum atomic E-state index is 12.3. The smallest absolute Gasteiger partial charge is 0.161 e. The molecule has 4 aliphatic carbocycles. The van der Waals surface area contributed by atoms with E-state index in [2.05, 4.69) is 6.92 Å². The van der Waals surface area contributed by atoms with E-state index in [0.717, 1.165) is 38.5 Å². The van der Waals surface area contributed by atoms with Crippen LogP contribution in [0.25, 0.3) is 0 Å². The molecule has 0 heterocycles. The van der Waals surface area contributed by atoms with Crippen molar-refractivity contribution in [1.29, 1.82) is 0 Å². The molecule has 4 aliphatic rings. The fourth-order valence-corrected chi connectivity index (χ4v) is 7.94. The fraction of sp³-hybridized carbons (Fsp3) is 0.952. The lowest BCUT2D eigenvalue weighted by Gasteiger charge is -2.62. The summed E-state index contributed by atoms with van der Waals surface area (Å²) in [5.74, 6) is 1.30. The van der Waals surface area contributed by atoms with Gasteiger partial charge in [0.05, 0.1) is 12.2 Å². The van der Waals surface area contributed by atoms with E-state index in [-0.39, 0.29) is 23.2 Å². The van der Waals surface area contributed by atoms with Gasteiger partial charge in [-0.25, -0.2) is 0 Å². The van der Waals surface area contributed by atoms with Crippen molar-refractivity contribution in [1.82, 2.24) is 0 Å². The Kier molecular flexibility index (Phi) is 3.97. The van der Waals surface area contributed by atoms with E-state index in [1.165, 1.54) is 6.92 Å². The molecule has 0 saturated heterocycles. The van der Waals surface area contributed by atoms with E-state index in [4.69, 9.17) is 0 Å². The quantitative estimate of drug-likeness (QED) is 0.679. The van der Waals surface area contributed by atoms with Crippen molar-refractivity contribution >= 4 is 5.78 Å². The molecule has 4 saturated carbocycles. The molecule has 142 valence electrons. The maximum Gasteiger partial charge on any atom is 0.161 e. The molecule has 0 bridgehead atoms. The van der Waals surface area contributed by atoms with E-state index in [0.29, 0.717) is 30.6 Å². The molecular weight excluding hydrogens is 316 g/mol. The number of ketones is 1. The van der Waals surface area contributed by atoms with Crippen molar-refractivity contribution in [2.24, 2.45) is 34.5 Å². The number of Topliss-reactive ketones (excluding diaryl/α,β-unsaturated/α-hetero) is 1. The number of hydrogen-bond acceptors (Lipinski definition) is 4. The van der Waals surface area contributed by atoms with Crippen molar-refractivity contribution in [3.05, 3.63) is 0 Å². The van der Waals surface area contributed by atoms with Crippen LogP contribution in [0.15, 0.2) is 0 Å². The Labute approximate surface area is 151 Å². The van der Waals surface area contributed by atoms with E-state index < -0.39 is 17.1 Å². The average Bonchev–Trinajstić information content (AvgIpc) is 2.80. The standard InChI is InChI=1S/C21H34O4/c1-12(22)21(25)9-7-16-15-5-4-13-10-14(23)6-8-19(13,2)18(15)17(24)11-20(16,21)3/h13-18,23-25H,4-11H2,1-3H3/t13-,14-,15-,16-,17-,18+,19-,20-,21+/m0/s1. The summed E-state index contributed by atoms with van der Waals surface area (Å²) >= 11 is 0. The summed E-state index contributed by atoms with van der Waals surface area (Å²) in [7, 11) is 0. The molecule has 4 rings (SSSR count). The minimum absolute atomic E-state index is 0.0832. The predicted octanol–water partition coefficient (Wildman–Crippen LogP) is 2.68. The van der Waals surface area contributed by atoms with Gasteiger partial charge in [-0.2, -0.15) is 0 Å². The summed E-state index contributed by atoms with van der Waals surface area (Å²) in [5.41, 5.74) is -1.69. The molecule has 0 aliphatic heterocycles. The average molecular weight is 350 g/mol.